The minimum atomic E-state index is 0.200. The fourth-order valence-corrected chi connectivity index (χ4v) is 3.44. The summed E-state index contributed by atoms with van der Waals surface area (Å²) in [4.78, 5) is 2.40. The maximum absolute atomic E-state index is 6.45. The number of nitrogens with two attached hydrogens (primary N) is 1. The topological polar surface area (TPSA) is 29.3 Å². The number of hydrogen-bond donors (Lipinski definition) is 1. The van der Waals surface area contributed by atoms with E-state index >= 15 is 0 Å². The van der Waals surface area contributed by atoms with E-state index in [1.165, 1.54) is 36.9 Å². The van der Waals surface area contributed by atoms with Gasteiger partial charge in [-0.05, 0) is 62.1 Å². The highest BCUT2D eigenvalue weighted by atomic mass is 35.5. The second-order valence-electron chi connectivity index (χ2n) is 6.67. The quantitative estimate of drug-likeness (QED) is 0.859. The molecule has 0 aliphatic heterocycles. The highest BCUT2D eigenvalue weighted by Crippen LogP contribution is 2.31. The third-order valence-electron chi connectivity index (χ3n) is 4.98. The molecule has 2 N–H and O–H groups in total. The molecule has 0 amide bonds. The van der Waals surface area contributed by atoms with Gasteiger partial charge < -0.3 is 10.6 Å². The summed E-state index contributed by atoms with van der Waals surface area (Å²) in [5.41, 5.74) is 8.43. The van der Waals surface area contributed by atoms with Crippen molar-refractivity contribution in [2.75, 3.05) is 11.9 Å². The molecular weight excluding hydrogens is 280 g/mol. The SMILES string of the molecule is CCC(N)Cc1ccc(N(C)C2CCC(C)CC2)cc1Cl. The van der Waals surface area contributed by atoms with Crippen LogP contribution in [0.15, 0.2) is 18.2 Å². The van der Waals surface area contributed by atoms with Crippen molar-refractivity contribution >= 4 is 17.3 Å². The second kappa shape index (κ2) is 7.51. The van der Waals surface area contributed by atoms with Crippen LogP contribution >= 0.6 is 11.6 Å². The monoisotopic (exact) mass is 308 g/mol. The number of benzene rings is 1. The Kier molecular flexibility index (Phi) is 5.95. The molecule has 1 aliphatic rings. The molecule has 2 nitrogen and oxygen atoms in total. The molecule has 1 aromatic rings. The van der Waals surface area contributed by atoms with E-state index in [-0.39, 0.29) is 6.04 Å². The Morgan fingerprint density at radius 2 is 1.95 bits per heavy atom. The van der Waals surface area contributed by atoms with Gasteiger partial charge in [-0.1, -0.05) is 31.5 Å². The van der Waals surface area contributed by atoms with Gasteiger partial charge in [-0.15, -0.1) is 0 Å². The van der Waals surface area contributed by atoms with Gasteiger partial charge >= 0.3 is 0 Å². The summed E-state index contributed by atoms with van der Waals surface area (Å²) in [6.45, 7) is 4.48. The Bertz CT molecular complexity index is 453. The Hall–Kier alpha value is -0.730. The Balaban J connectivity index is 2.05. The maximum atomic E-state index is 6.45. The van der Waals surface area contributed by atoms with E-state index in [4.69, 9.17) is 17.3 Å². The number of rotatable bonds is 5. The van der Waals surface area contributed by atoms with Crippen molar-refractivity contribution in [1.82, 2.24) is 0 Å². The minimum Gasteiger partial charge on any atom is -0.372 e. The van der Waals surface area contributed by atoms with Gasteiger partial charge in [-0.3, -0.25) is 0 Å². The summed E-state index contributed by atoms with van der Waals surface area (Å²) < 4.78 is 0. The van der Waals surface area contributed by atoms with Crippen molar-refractivity contribution in [1.29, 1.82) is 0 Å². The molecule has 1 unspecified atom stereocenters. The molecule has 0 aromatic heterocycles. The van der Waals surface area contributed by atoms with E-state index in [0.717, 1.165) is 23.8 Å². The summed E-state index contributed by atoms with van der Waals surface area (Å²) in [6, 6.07) is 7.31. The van der Waals surface area contributed by atoms with E-state index in [1.54, 1.807) is 0 Å². The Morgan fingerprint density at radius 3 is 2.52 bits per heavy atom. The summed E-state index contributed by atoms with van der Waals surface area (Å²) >= 11 is 6.45. The van der Waals surface area contributed by atoms with Crippen molar-refractivity contribution < 1.29 is 0 Å². The summed E-state index contributed by atoms with van der Waals surface area (Å²) in [5.74, 6) is 0.885. The van der Waals surface area contributed by atoms with Crippen LogP contribution < -0.4 is 10.6 Å². The predicted molar refractivity (Wildman–Crippen MR) is 93.2 cm³/mol. The molecule has 0 radical (unpaired) electrons. The molecule has 2 rings (SSSR count). The molecule has 3 heteroatoms. The first-order valence-corrected chi connectivity index (χ1v) is 8.65. The highest BCUT2D eigenvalue weighted by molar-refractivity contribution is 6.31. The molecular formula is C18H29ClN2. The molecule has 0 bridgehead atoms. The molecule has 0 heterocycles. The van der Waals surface area contributed by atoms with Crippen molar-refractivity contribution in [2.24, 2.45) is 11.7 Å². The summed E-state index contributed by atoms with van der Waals surface area (Å²) in [5, 5.41) is 0.854. The van der Waals surface area contributed by atoms with Crippen LogP contribution in [-0.4, -0.2) is 19.1 Å². The lowest BCUT2D eigenvalue weighted by molar-refractivity contribution is 0.341. The minimum absolute atomic E-state index is 0.200. The normalized spacial score (nSPS) is 23.9. The summed E-state index contributed by atoms with van der Waals surface area (Å²) in [7, 11) is 2.20. The van der Waals surface area contributed by atoms with Crippen molar-refractivity contribution in [3.05, 3.63) is 28.8 Å². The third kappa shape index (κ3) is 4.37. The van der Waals surface area contributed by atoms with Crippen LogP contribution in [0, 0.1) is 5.92 Å². The zero-order valence-electron chi connectivity index (χ0n) is 13.6. The number of hydrogen-bond acceptors (Lipinski definition) is 2. The highest BCUT2D eigenvalue weighted by Gasteiger charge is 2.22. The van der Waals surface area contributed by atoms with E-state index in [2.05, 4.69) is 44.0 Å². The zero-order chi connectivity index (χ0) is 15.4. The lowest BCUT2D eigenvalue weighted by Gasteiger charge is -2.35. The van der Waals surface area contributed by atoms with Gasteiger partial charge in [0.2, 0.25) is 0 Å². The lowest BCUT2D eigenvalue weighted by Crippen LogP contribution is -2.34. The smallest absolute Gasteiger partial charge is 0.0459 e. The molecule has 118 valence electrons. The van der Waals surface area contributed by atoms with Gasteiger partial charge in [0.15, 0.2) is 0 Å². The second-order valence-corrected chi connectivity index (χ2v) is 7.08. The fourth-order valence-electron chi connectivity index (χ4n) is 3.19. The largest absolute Gasteiger partial charge is 0.372 e. The Morgan fingerprint density at radius 1 is 1.29 bits per heavy atom. The molecule has 1 fully saturated rings. The average Bonchev–Trinajstić information content (AvgIpc) is 2.49. The third-order valence-corrected chi connectivity index (χ3v) is 5.34. The summed E-state index contributed by atoms with van der Waals surface area (Å²) in [6.07, 6.45) is 7.10. The lowest BCUT2D eigenvalue weighted by atomic mass is 9.86. The van der Waals surface area contributed by atoms with Crippen LogP contribution in [0.1, 0.15) is 51.5 Å². The van der Waals surface area contributed by atoms with Crippen LogP contribution in [0.4, 0.5) is 5.69 Å². The van der Waals surface area contributed by atoms with Crippen LogP contribution in [0.3, 0.4) is 0 Å². The standard InChI is InChI=1S/C18H29ClN2/c1-4-15(20)11-14-7-10-17(12-18(14)19)21(3)16-8-5-13(2)6-9-16/h7,10,12-13,15-16H,4-6,8-9,11,20H2,1-3H3. The first-order chi connectivity index (χ1) is 10.0. The molecule has 0 saturated heterocycles. The van der Waals surface area contributed by atoms with Crippen molar-refractivity contribution in [2.45, 2.75) is 64.5 Å². The number of halogens is 1. The number of anilines is 1. The van der Waals surface area contributed by atoms with Crippen molar-refractivity contribution in [3.63, 3.8) is 0 Å². The van der Waals surface area contributed by atoms with E-state index < -0.39 is 0 Å². The Labute approximate surface area is 134 Å². The van der Waals surface area contributed by atoms with Gasteiger partial charge in [0.05, 0.1) is 0 Å². The average molecular weight is 309 g/mol. The van der Waals surface area contributed by atoms with E-state index in [0.29, 0.717) is 6.04 Å². The molecule has 1 aromatic carbocycles. The van der Waals surface area contributed by atoms with E-state index in [9.17, 15) is 0 Å². The van der Waals surface area contributed by atoms with E-state index in [1.807, 2.05) is 0 Å². The first-order valence-electron chi connectivity index (χ1n) is 8.28. The predicted octanol–water partition coefficient (Wildman–Crippen LogP) is 4.63. The van der Waals surface area contributed by atoms with Gasteiger partial charge in [0.1, 0.15) is 0 Å². The molecule has 1 saturated carbocycles. The van der Waals surface area contributed by atoms with Crippen molar-refractivity contribution in [3.8, 4) is 0 Å². The molecule has 21 heavy (non-hydrogen) atoms. The van der Waals surface area contributed by atoms with Gasteiger partial charge in [-0.2, -0.15) is 0 Å². The fraction of sp³-hybridized carbons (Fsp3) is 0.667. The molecule has 1 atom stereocenters. The van der Waals surface area contributed by atoms with Crippen LogP contribution in [0.25, 0.3) is 0 Å². The van der Waals surface area contributed by atoms with Gasteiger partial charge in [-0.25, -0.2) is 0 Å². The number of nitrogens with zero attached hydrogens (tertiary/aromatic N) is 1. The zero-order valence-corrected chi connectivity index (χ0v) is 14.4. The first kappa shape index (κ1) is 16.6. The van der Waals surface area contributed by atoms with Crippen LogP contribution in [-0.2, 0) is 6.42 Å². The maximum Gasteiger partial charge on any atom is 0.0459 e. The van der Waals surface area contributed by atoms with Crippen LogP contribution in [0.5, 0.6) is 0 Å². The molecule has 0 spiro atoms. The van der Waals surface area contributed by atoms with Gasteiger partial charge in [0.25, 0.3) is 0 Å². The molecule has 1 aliphatic carbocycles. The van der Waals surface area contributed by atoms with Crippen LogP contribution in [0.2, 0.25) is 5.02 Å². The van der Waals surface area contributed by atoms with Gasteiger partial charge in [0, 0.05) is 29.8 Å².